The summed E-state index contributed by atoms with van der Waals surface area (Å²) in [4.78, 5) is 15.0. The fourth-order valence-electron chi connectivity index (χ4n) is 5.01. The zero-order chi connectivity index (χ0) is 22.5. The lowest BCUT2D eigenvalue weighted by molar-refractivity contribution is -0.143. The number of nitrogens with two attached hydrogens (primary N) is 2. The van der Waals surface area contributed by atoms with Gasteiger partial charge in [0, 0.05) is 42.6 Å². The molecule has 0 amide bonds. The molecule has 2 aliphatic rings. The number of pyridine rings is 1. The molecular weight excluding hydrogens is 439 g/mol. The van der Waals surface area contributed by atoms with Gasteiger partial charge in [0.15, 0.2) is 11.3 Å². The van der Waals surface area contributed by atoms with Crippen LogP contribution < -0.4 is 16.4 Å². The van der Waals surface area contributed by atoms with E-state index >= 15 is 0 Å². The Kier molecular flexibility index (Phi) is 5.20. The number of nitrogen functional groups attached to an aromatic ring is 1. The lowest BCUT2D eigenvalue weighted by Crippen LogP contribution is -2.47. The van der Waals surface area contributed by atoms with E-state index in [1.807, 2.05) is 0 Å². The number of hydrogen-bond acceptors (Lipinski definition) is 7. The Labute approximate surface area is 187 Å². The molecule has 0 radical (unpaired) electrons. The van der Waals surface area contributed by atoms with Crippen LogP contribution >= 0.6 is 11.8 Å². The maximum atomic E-state index is 13.4. The molecule has 1 atom stereocenters. The third kappa shape index (κ3) is 3.57. The second-order valence-electron chi connectivity index (χ2n) is 8.55. The third-order valence-electron chi connectivity index (χ3n) is 6.78. The van der Waals surface area contributed by atoms with E-state index in [4.69, 9.17) is 11.5 Å². The summed E-state index contributed by atoms with van der Waals surface area (Å²) in [6.07, 6.45) is 5.34. The summed E-state index contributed by atoms with van der Waals surface area (Å²) >= 11 is 0.884. The van der Waals surface area contributed by atoms with Crippen molar-refractivity contribution in [1.29, 1.82) is 0 Å². The van der Waals surface area contributed by atoms with Crippen LogP contribution in [0, 0.1) is 5.41 Å². The topological polar surface area (TPSA) is 98.4 Å². The number of piperidine rings is 1. The summed E-state index contributed by atoms with van der Waals surface area (Å²) in [7, 11) is 0. The molecule has 11 heteroatoms. The lowest BCUT2D eigenvalue weighted by Gasteiger charge is -2.42. The third-order valence-corrected chi connectivity index (χ3v) is 7.93. The summed E-state index contributed by atoms with van der Waals surface area (Å²) in [6, 6.07) is 3.09. The number of halogens is 3. The Hall–Kier alpha value is -2.53. The molecule has 5 rings (SSSR count). The van der Waals surface area contributed by atoms with Crippen LogP contribution in [0.15, 0.2) is 40.5 Å². The number of hydrogen-bond donors (Lipinski definition) is 2. The van der Waals surface area contributed by atoms with Crippen LogP contribution in [-0.2, 0) is 6.18 Å². The van der Waals surface area contributed by atoms with E-state index in [1.165, 1.54) is 25.0 Å². The number of alkyl halides is 3. The van der Waals surface area contributed by atoms with Crippen molar-refractivity contribution in [2.75, 3.05) is 23.7 Å². The predicted molar refractivity (Wildman–Crippen MR) is 116 cm³/mol. The van der Waals surface area contributed by atoms with Crippen molar-refractivity contribution in [3.05, 3.63) is 36.4 Å². The molecule has 3 aromatic rings. The molecule has 1 aliphatic heterocycles. The van der Waals surface area contributed by atoms with Crippen molar-refractivity contribution in [2.24, 2.45) is 11.1 Å². The van der Waals surface area contributed by atoms with Crippen LogP contribution in [0.3, 0.4) is 0 Å². The number of fused-ring (bicyclic) bond motifs is 1. The zero-order valence-electron chi connectivity index (χ0n) is 17.3. The Morgan fingerprint density at radius 2 is 1.91 bits per heavy atom. The molecule has 170 valence electrons. The average molecular weight is 464 g/mol. The zero-order valence-corrected chi connectivity index (χ0v) is 18.2. The maximum absolute atomic E-state index is 13.4. The molecule has 1 spiro atoms. The van der Waals surface area contributed by atoms with Crippen molar-refractivity contribution in [3.8, 4) is 0 Å². The van der Waals surface area contributed by atoms with Gasteiger partial charge in [0.05, 0.1) is 4.90 Å². The molecule has 4 heterocycles. The van der Waals surface area contributed by atoms with Crippen LogP contribution in [-0.4, -0.2) is 38.5 Å². The van der Waals surface area contributed by atoms with Crippen molar-refractivity contribution in [1.82, 2.24) is 19.4 Å². The highest BCUT2D eigenvalue weighted by Gasteiger charge is 2.43. The first-order valence-corrected chi connectivity index (χ1v) is 11.4. The van der Waals surface area contributed by atoms with Crippen LogP contribution in [0.5, 0.6) is 0 Å². The predicted octanol–water partition coefficient (Wildman–Crippen LogP) is 3.97. The summed E-state index contributed by atoms with van der Waals surface area (Å²) in [5.74, 6) is 0.807. The maximum Gasteiger partial charge on any atom is 0.434 e. The van der Waals surface area contributed by atoms with Gasteiger partial charge in [-0.1, -0.05) is 18.2 Å². The van der Waals surface area contributed by atoms with Crippen molar-refractivity contribution >= 4 is 29.2 Å². The lowest BCUT2D eigenvalue weighted by atomic mass is 9.74. The van der Waals surface area contributed by atoms with E-state index < -0.39 is 11.9 Å². The monoisotopic (exact) mass is 463 g/mol. The van der Waals surface area contributed by atoms with E-state index in [-0.39, 0.29) is 22.2 Å². The van der Waals surface area contributed by atoms with Crippen molar-refractivity contribution in [2.45, 2.75) is 54.1 Å². The Morgan fingerprint density at radius 3 is 2.59 bits per heavy atom. The highest BCUT2D eigenvalue weighted by Crippen LogP contribution is 2.46. The molecule has 4 N–H and O–H groups in total. The average Bonchev–Trinajstić information content (AvgIpc) is 3.38. The van der Waals surface area contributed by atoms with Gasteiger partial charge in [0.1, 0.15) is 5.82 Å². The largest absolute Gasteiger partial charge is 0.434 e. The molecule has 7 nitrogen and oxygen atoms in total. The second kappa shape index (κ2) is 7.80. The Morgan fingerprint density at radius 1 is 1.12 bits per heavy atom. The van der Waals surface area contributed by atoms with Crippen molar-refractivity contribution in [3.63, 3.8) is 0 Å². The van der Waals surface area contributed by atoms with Crippen LogP contribution in [0.2, 0.25) is 0 Å². The van der Waals surface area contributed by atoms with Crippen LogP contribution in [0.25, 0.3) is 5.65 Å². The van der Waals surface area contributed by atoms with Gasteiger partial charge in [-0.05, 0) is 43.2 Å². The van der Waals surface area contributed by atoms with Gasteiger partial charge in [-0.3, -0.25) is 9.38 Å². The molecule has 32 heavy (non-hydrogen) atoms. The van der Waals surface area contributed by atoms with Crippen LogP contribution in [0.4, 0.5) is 24.9 Å². The minimum atomic E-state index is -4.57. The van der Waals surface area contributed by atoms with Gasteiger partial charge in [0.25, 0.3) is 0 Å². The normalized spacial score (nSPS) is 21.0. The van der Waals surface area contributed by atoms with Gasteiger partial charge in [-0.2, -0.15) is 18.2 Å². The SMILES string of the molecule is Nc1nc(N2CCC3(CCC[C@H]3N)CC2)n2ccnc2c1Sc1cccnc1C(F)(F)F. The minimum absolute atomic E-state index is 0.0405. The summed E-state index contributed by atoms with van der Waals surface area (Å²) in [6.45, 7) is 1.61. The Balaban J connectivity index is 1.47. The molecule has 2 fully saturated rings. The molecule has 3 aromatic heterocycles. The highest BCUT2D eigenvalue weighted by molar-refractivity contribution is 7.99. The van der Waals surface area contributed by atoms with E-state index in [9.17, 15) is 13.2 Å². The number of anilines is 2. The van der Waals surface area contributed by atoms with Gasteiger partial charge < -0.3 is 16.4 Å². The molecule has 1 saturated heterocycles. The summed E-state index contributed by atoms with van der Waals surface area (Å²) < 4.78 is 42.0. The molecule has 1 saturated carbocycles. The number of nitrogens with zero attached hydrogens (tertiary/aromatic N) is 5. The first-order chi connectivity index (χ1) is 15.3. The fraction of sp³-hybridized carbons (Fsp3) is 0.476. The molecular formula is C21H24F3N7S. The van der Waals surface area contributed by atoms with Gasteiger partial charge in [-0.25, -0.2) is 4.98 Å². The number of imidazole rings is 1. The first-order valence-electron chi connectivity index (χ1n) is 10.6. The quantitative estimate of drug-likeness (QED) is 0.606. The second-order valence-corrected chi connectivity index (χ2v) is 9.60. The number of aromatic nitrogens is 4. The van der Waals surface area contributed by atoms with Gasteiger partial charge in [-0.15, -0.1) is 0 Å². The minimum Gasteiger partial charge on any atom is -0.383 e. The molecule has 0 unspecified atom stereocenters. The fourth-order valence-corrected chi connectivity index (χ4v) is 6.04. The first kappa shape index (κ1) is 21.3. The molecule has 0 aromatic carbocycles. The molecule has 0 bridgehead atoms. The Bertz CT molecular complexity index is 1140. The van der Waals surface area contributed by atoms with E-state index in [0.717, 1.165) is 50.3 Å². The summed E-state index contributed by atoms with van der Waals surface area (Å²) in [5.41, 5.74) is 12.4. The highest BCUT2D eigenvalue weighted by atomic mass is 32.2. The van der Waals surface area contributed by atoms with E-state index in [0.29, 0.717) is 16.5 Å². The molecule has 1 aliphatic carbocycles. The van der Waals surface area contributed by atoms with Crippen molar-refractivity contribution < 1.29 is 13.2 Å². The van der Waals surface area contributed by atoms with Crippen LogP contribution in [0.1, 0.15) is 37.8 Å². The summed E-state index contributed by atoms with van der Waals surface area (Å²) in [5, 5.41) is 0. The van der Waals surface area contributed by atoms with E-state index in [2.05, 4.69) is 19.9 Å². The smallest absolute Gasteiger partial charge is 0.383 e. The standard InChI is InChI=1S/C21H24F3N7S/c22-21(23,24)16-13(3-2-8-27-16)32-15-17(26)29-19(31-12-9-28-18(15)31)30-10-6-20(7-11-30)5-1-4-14(20)25/h2-3,8-9,12,14H,1,4-7,10-11,25-26H2/t14-/m1/s1. The van der Waals surface area contributed by atoms with Gasteiger partial charge >= 0.3 is 6.18 Å². The van der Waals surface area contributed by atoms with Gasteiger partial charge in [0.2, 0.25) is 5.95 Å². The number of rotatable bonds is 3. The van der Waals surface area contributed by atoms with E-state index in [1.54, 1.807) is 16.8 Å².